The van der Waals surface area contributed by atoms with Crippen molar-refractivity contribution in [2.45, 2.75) is 174 Å². The molecule has 0 aliphatic heterocycles. The molecule has 0 spiro atoms. The molecule has 0 aliphatic rings. The number of carbonyl (C=O) groups excluding carboxylic acids is 2. The standard InChI is InChI=1S/C44H80NO8P/c1-6-8-10-12-14-16-18-20-21-22-23-25-27-29-31-33-35-37-44(47)53-42(41-52-54(48,49)51-39-38-45(3,4)5)40-50-43(46)36-34-32-30-28-26-24-19-17-15-13-11-9-7-2/h14,16,20-21,23,25,29,31,42H,6-13,15,17-19,22,24,26-28,30,32-41H2,1-5H3/p+1. The van der Waals surface area contributed by atoms with Gasteiger partial charge in [0.2, 0.25) is 0 Å². The van der Waals surface area contributed by atoms with Gasteiger partial charge in [-0.15, -0.1) is 0 Å². The van der Waals surface area contributed by atoms with Gasteiger partial charge in [-0.3, -0.25) is 18.6 Å². The molecule has 2 atom stereocenters. The zero-order valence-electron chi connectivity index (χ0n) is 35.2. The summed E-state index contributed by atoms with van der Waals surface area (Å²) in [5.74, 6) is -0.864. The Labute approximate surface area is 331 Å². The lowest BCUT2D eigenvalue weighted by Gasteiger charge is -2.24. The molecule has 0 aromatic rings. The molecule has 0 aliphatic carbocycles. The summed E-state index contributed by atoms with van der Waals surface area (Å²) in [6, 6.07) is 0. The SMILES string of the molecule is CCCCCC=CCC=CCC=CCC=CCCCC(=O)OC(COC(=O)CCCCCCCCCCCCCCC)COP(=O)(O)OCC[N+](C)(C)C. The van der Waals surface area contributed by atoms with Crippen LogP contribution in [0.1, 0.15) is 168 Å². The number of phosphoric ester groups is 1. The molecule has 2 unspecified atom stereocenters. The van der Waals surface area contributed by atoms with Crippen molar-refractivity contribution in [3.8, 4) is 0 Å². The lowest BCUT2D eigenvalue weighted by Crippen LogP contribution is -2.37. The fourth-order valence-corrected chi connectivity index (χ4v) is 6.22. The number of allylic oxidation sites excluding steroid dienone is 8. The number of nitrogens with zero attached hydrogens (tertiary/aromatic N) is 1. The topological polar surface area (TPSA) is 108 Å². The Morgan fingerprint density at radius 3 is 1.54 bits per heavy atom. The van der Waals surface area contributed by atoms with E-state index < -0.39 is 26.5 Å². The lowest BCUT2D eigenvalue weighted by molar-refractivity contribution is -0.870. The summed E-state index contributed by atoms with van der Waals surface area (Å²) in [7, 11) is 1.44. The Hall–Kier alpha value is -2.03. The third-order valence-corrected chi connectivity index (χ3v) is 9.85. The molecule has 0 heterocycles. The molecule has 54 heavy (non-hydrogen) atoms. The maximum absolute atomic E-state index is 12.6. The van der Waals surface area contributed by atoms with E-state index in [0.29, 0.717) is 23.9 Å². The molecule has 0 rings (SSSR count). The van der Waals surface area contributed by atoms with E-state index in [-0.39, 0.29) is 32.0 Å². The molecule has 10 heteroatoms. The molecular weight excluding hydrogens is 701 g/mol. The van der Waals surface area contributed by atoms with Crippen molar-refractivity contribution >= 4 is 19.8 Å². The number of hydrogen-bond acceptors (Lipinski definition) is 7. The Morgan fingerprint density at radius 2 is 1.02 bits per heavy atom. The molecule has 0 radical (unpaired) electrons. The molecule has 0 aromatic carbocycles. The maximum atomic E-state index is 12.6. The second-order valence-corrected chi connectivity index (χ2v) is 16.8. The fourth-order valence-electron chi connectivity index (χ4n) is 5.48. The van der Waals surface area contributed by atoms with Gasteiger partial charge < -0.3 is 18.9 Å². The number of quaternary nitrogens is 1. The van der Waals surface area contributed by atoms with E-state index in [2.05, 4.69) is 56.4 Å². The lowest BCUT2D eigenvalue weighted by atomic mass is 10.0. The predicted molar refractivity (Wildman–Crippen MR) is 224 cm³/mol. The second-order valence-electron chi connectivity index (χ2n) is 15.4. The Kier molecular flexibility index (Phi) is 35.2. The van der Waals surface area contributed by atoms with Gasteiger partial charge in [0, 0.05) is 12.8 Å². The maximum Gasteiger partial charge on any atom is 0.472 e. The van der Waals surface area contributed by atoms with Crippen LogP contribution in [-0.2, 0) is 32.7 Å². The summed E-state index contributed by atoms with van der Waals surface area (Å²) >= 11 is 0. The zero-order chi connectivity index (χ0) is 40.0. The molecular formula is C44H81NO8P+. The van der Waals surface area contributed by atoms with Gasteiger partial charge in [0.1, 0.15) is 19.8 Å². The van der Waals surface area contributed by atoms with Crippen LogP contribution in [0.5, 0.6) is 0 Å². The van der Waals surface area contributed by atoms with Crippen LogP contribution >= 0.6 is 7.82 Å². The van der Waals surface area contributed by atoms with Crippen molar-refractivity contribution < 1.29 is 42.1 Å². The largest absolute Gasteiger partial charge is 0.472 e. The van der Waals surface area contributed by atoms with Crippen molar-refractivity contribution in [1.29, 1.82) is 0 Å². The third-order valence-electron chi connectivity index (χ3n) is 8.86. The molecule has 0 amide bonds. The average molecular weight is 783 g/mol. The number of likely N-dealkylation sites (N-methyl/N-ethyl adjacent to an activating group) is 1. The molecule has 0 bridgehead atoms. The van der Waals surface area contributed by atoms with Gasteiger partial charge >= 0.3 is 19.8 Å². The number of phosphoric acid groups is 1. The van der Waals surface area contributed by atoms with Crippen molar-refractivity contribution in [3.63, 3.8) is 0 Å². The van der Waals surface area contributed by atoms with Crippen LogP contribution in [0, 0.1) is 0 Å². The minimum absolute atomic E-state index is 0.0212. The summed E-state index contributed by atoms with van der Waals surface area (Å²) in [4.78, 5) is 35.3. The Morgan fingerprint density at radius 1 is 0.574 bits per heavy atom. The van der Waals surface area contributed by atoms with E-state index in [4.69, 9.17) is 18.5 Å². The highest BCUT2D eigenvalue weighted by Crippen LogP contribution is 2.43. The van der Waals surface area contributed by atoms with E-state index in [1.54, 1.807) is 0 Å². The average Bonchev–Trinajstić information content (AvgIpc) is 3.12. The van der Waals surface area contributed by atoms with E-state index in [0.717, 1.165) is 38.5 Å². The van der Waals surface area contributed by atoms with Crippen molar-refractivity contribution in [2.24, 2.45) is 0 Å². The predicted octanol–water partition coefficient (Wildman–Crippen LogP) is 11.9. The summed E-state index contributed by atoms with van der Waals surface area (Å²) < 4.78 is 34.2. The Bertz CT molecular complexity index is 1070. The zero-order valence-corrected chi connectivity index (χ0v) is 36.1. The first-order valence-electron chi connectivity index (χ1n) is 21.4. The van der Waals surface area contributed by atoms with Crippen LogP contribution in [-0.4, -0.2) is 74.9 Å². The van der Waals surface area contributed by atoms with Crippen LogP contribution < -0.4 is 0 Å². The first kappa shape index (κ1) is 52.0. The molecule has 0 saturated carbocycles. The molecule has 314 valence electrons. The smallest absolute Gasteiger partial charge is 0.462 e. The van der Waals surface area contributed by atoms with Gasteiger partial charge in [-0.2, -0.15) is 0 Å². The summed E-state index contributed by atoms with van der Waals surface area (Å²) in [5.41, 5.74) is 0. The number of carbonyl (C=O) groups is 2. The van der Waals surface area contributed by atoms with E-state index in [1.165, 1.54) is 89.9 Å². The Balaban J connectivity index is 4.49. The molecule has 0 fully saturated rings. The number of unbranched alkanes of at least 4 members (excludes halogenated alkanes) is 16. The minimum Gasteiger partial charge on any atom is -0.462 e. The summed E-state index contributed by atoms with van der Waals surface area (Å²) in [5, 5.41) is 0. The van der Waals surface area contributed by atoms with Crippen LogP contribution in [0.2, 0.25) is 0 Å². The first-order valence-corrected chi connectivity index (χ1v) is 22.9. The molecule has 1 N–H and O–H groups in total. The van der Waals surface area contributed by atoms with Crippen LogP contribution in [0.3, 0.4) is 0 Å². The highest BCUT2D eigenvalue weighted by molar-refractivity contribution is 7.47. The van der Waals surface area contributed by atoms with Crippen LogP contribution in [0.25, 0.3) is 0 Å². The quantitative estimate of drug-likeness (QED) is 0.0217. The highest BCUT2D eigenvalue weighted by Gasteiger charge is 2.27. The monoisotopic (exact) mass is 783 g/mol. The van der Waals surface area contributed by atoms with Gasteiger partial charge in [0.25, 0.3) is 0 Å². The third kappa shape index (κ3) is 39.7. The van der Waals surface area contributed by atoms with Gasteiger partial charge in [0.15, 0.2) is 6.10 Å². The van der Waals surface area contributed by atoms with Gasteiger partial charge in [-0.25, -0.2) is 4.57 Å². The van der Waals surface area contributed by atoms with Crippen LogP contribution in [0.15, 0.2) is 48.6 Å². The van der Waals surface area contributed by atoms with E-state index in [1.807, 2.05) is 27.2 Å². The van der Waals surface area contributed by atoms with E-state index in [9.17, 15) is 19.0 Å². The highest BCUT2D eigenvalue weighted by atomic mass is 31.2. The number of hydrogen-bond donors (Lipinski definition) is 1. The van der Waals surface area contributed by atoms with Gasteiger partial charge in [-0.1, -0.05) is 152 Å². The second kappa shape index (κ2) is 36.6. The van der Waals surface area contributed by atoms with Crippen molar-refractivity contribution in [1.82, 2.24) is 0 Å². The van der Waals surface area contributed by atoms with Crippen molar-refractivity contribution in [2.75, 3.05) is 47.5 Å². The number of esters is 2. The molecule has 0 saturated heterocycles. The molecule has 9 nitrogen and oxygen atoms in total. The first-order chi connectivity index (χ1) is 26.0. The number of rotatable bonds is 38. The normalized spacial score (nSPS) is 14.1. The van der Waals surface area contributed by atoms with Gasteiger partial charge in [-0.05, 0) is 51.4 Å². The minimum atomic E-state index is -4.39. The van der Waals surface area contributed by atoms with Gasteiger partial charge in [0.05, 0.1) is 27.7 Å². The fraction of sp³-hybridized carbons (Fsp3) is 0.773. The molecule has 0 aromatic heterocycles. The summed E-state index contributed by atoms with van der Waals surface area (Å²) in [6.07, 6.45) is 41.6. The number of ether oxygens (including phenoxy) is 2. The summed E-state index contributed by atoms with van der Waals surface area (Å²) in [6.45, 7) is 4.32. The van der Waals surface area contributed by atoms with E-state index >= 15 is 0 Å². The van der Waals surface area contributed by atoms with Crippen LogP contribution in [0.4, 0.5) is 0 Å². The van der Waals surface area contributed by atoms with Crippen molar-refractivity contribution in [3.05, 3.63) is 48.6 Å².